The molecule has 3 rings (SSSR count). The van der Waals surface area contributed by atoms with Crippen LogP contribution in [0.15, 0.2) is 23.1 Å². The van der Waals surface area contributed by atoms with Crippen molar-refractivity contribution in [1.82, 2.24) is 4.31 Å². The van der Waals surface area contributed by atoms with Gasteiger partial charge in [0.2, 0.25) is 10.0 Å². The van der Waals surface area contributed by atoms with Crippen LogP contribution < -0.4 is 5.73 Å². The zero-order chi connectivity index (χ0) is 15.0. The lowest BCUT2D eigenvalue weighted by Gasteiger charge is -2.29. The predicted octanol–water partition coefficient (Wildman–Crippen LogP) is 2.75. The molecule has 21 heavy (non-hydrogen) atoms. The molecule has 1 heterocycles. The summed E-state index contributed by atoms with van der Waals surface area (Å²) in [6.07, 6.45) is 6.40. The third kappa shape index (κ3) is 2.66. The van der Waals surface area contributed by atoms with Crippen molar-refractivity contribution in [3.8, 4) is 0 Å². The average molecular weight is 312 g/mol. The van der Waals surface area contributed by atoms with E-state index < -0.39 is 15.8 Å². The minimum Gasteiger partial charge on any atom is -0.398 e. The monoisotopic (exact) mass is 312 g/mol. The first-order valence-electron chi connectivity index (χ1n) is 7.57. The molecule has 0 aromatic heterocycles. The van der Waals surface area contributed by atoms with E-state index in [-0.39, 0.29) is 16.6 Å². The van der Waals surface area contributed by atoms with Crippen molar-refractivity contribution in [2.24, 2.45) is 5.92 Å². The molecule has 0 bridgehead atoms. The predicted molar refractivity (Wildman–Crippen MR) is 79.7 cm³/mol. The van der Waals surface area contributed by atoms with Gasteiger partial charge in [-0.2, -0.15) is 4.31 Å². The lowest BCUT2D eigenvalue weighted by atomic mass is 9.97. The third-order valence-corrected chi connectivity index (χ3v) is 6.75. The highest BCUT2D eigenvalue weighted by Crippen LogP contribution is 2.38. The Bertz CT molecular complexity index is 627. The number of sulfonamides is 1. The lowest BCUT2D eigenvalue weighted by molar-refractivity contribution is 0.288. The zero-order valence-corrected chi connectivity index (χ0v) is 12.8. The van der Waals surface area contributed by atoms with E-state index in [1.165, 1.54) is 18.9 Å². The van der Waals surface area contributed by atoms with E-state index in [4.69, 9.17) is 5.73 Å². The minimum absolute atomic E-state index is 0.00734. The van der Waals surface area contributed by atoms with Gasteiger partial charge in [0.25, 0.3) is 0 Å². The van der Waals surface area contributed by atoms with Gasteiger partial charge in [0.15, 0.2) is 0 Å². The molecule has 1 saturated carbocycles. The second-order valence-electron chi connectivity index (χ2n) is 6.05. The summed E-state index contributed by atoms with van der Waals surface area (Å²) in [6.45, 7) is 0.542. The molecule has 1 unspecified atom stereocenters. The molecule has 1 aliphatic heterocycles. The summed E-state index contributed by atoms with van der Waals surface area (Å²) >= 11 is 0. The smallest absolute Gasteiger partial charge is 0.245 e. The maximum atomic E-state index is 13.1. The highest BCUT2D eigenvalue weighted by atomic mass is 32.2. The van der Waals surface area contributed by atoms with Crippen LogP contribution >= 0.6 is 0 Å². The van der Waals surface area contributed by atoms with Crippen LogP contribution in [0, 0.1) is 11.7 Å². The fourth-order valence-corrected chi connectivity index (χ4v) is 5.61. The molecule has 2 fully saturated rings. The Hall–Kier alpha value is -1.14. The van der Waals surface area contributed by atoms with Crippen LogP contribution in [0.25, 0.3) is 0 Å². The van der Waals surface area contributed by atoms with Gasteiger partial charge in [0, 0.05) is 12.6 Å². The Morgan fingerprint density at radius 1 is 1.14 bits per heavy atom. The number of rotatable bonds is 3. The summed E-state index contributed by atoms with van der Waals surface area (Å²) in [5.74, 6) is -0.0517. The first-order chi connectivity index (χ1) is 10.00. The average Bonchev–Trinajstić information content (AvgIpc) is 3.09. The Morgan fingerprint density at radius 2 is 1.86 bits per heavy atom. The van der Waals surface area contributed by atoms with E-state index in [2.05, 4.69) is 0 Å². The minimum atomic E-state index is -3.63. The quantitative estimate of drug-likeness (QED) is 0.873. The third-order valence-electron chi connectivity index (χ3n) is 4.75. The first kappa shape index (κ1) is 14.8. The van der Waals surface area contributed by atoms with Crippen LogP contribution in [-0.4, -0.2) is 25.3 Å². The molecule has 1 aromatic rings. The second kappa shape index (κ2) is 5.57. The number of hydrogen-bond donors (Lipinski definition) is 1. The summed E-state index contributed by atoms with van der Waals surface area (Å²) in [5.41, 5.74) is 5.72. The molecule has 0 radical (unpaired) electrons. The maximum absolute atomic E-state index is 13.1. The van der Waals surface area contributed by atoms with Crippen LogP contribution in [0.3, 0.4) is 0 Å². The van der Waals surface area contributed by atoms with Gasteiger partial charge in [-0.25, -0.2) is 12.8 Å². The van der Waals surface area contributed by atoms with Gasteiger partial charge in [-0.1, -0.05) is 12.8 Å². The van der Waals surface area contributed by atoms with Crippen LogP contribution in [0.2, 0.25) is 0 Å². The molecule has 1 aromatic carbocycles. The van der Waals surface area contributed by atoms with E-state index in [9.17, 15) is 12.8 Å². The highest BCUT2D eigenvalue weighted by molar-refractivity contribution is 7.89. The number of hydrogen-bond acceptors (Lipinski definition) is 3. The van der Waals surface area contributed by atoms with Crippen molar-refractivity contribution in [1.29, 1.82) is 0 Å². The molecule has 0 amide bonds. The van der Waals surface area contributed by atoms with Gasteiger partial charge in [0.1, 0.15) is 10.7 Å². The molecule has 116 valence electrons. The second-order valence-corrected chi connectivity index (χ2v) is 7.91. The van der Waals surface area contributed by atoms with Crippen molar-refractivity contribution in [2.45, 2.75) is 49.5 Å². The fourth-order valence-electron chi connectivity index (χ4n) is 3.76. The summed E-state index contributed by atoms with van der Waals surface area (Å²) in [7, 11) is -3.63. The van der Waals surface area contributed by atoms with E-state index in [0.717, 1.165) is 37.8 Å². The van der Waals surface area contributed by atoms with Crippen molar-refractivity contribution in [2.75, 3.05) is 12.3 Å². The van der Waals surface area contributed by atoms with Crippen LogP contribution in [0.4, 0.5) is 10.1 Å². The molecular formula is C15H21FN2O2S. The van der Waals surface area contributed by atoms with Crippen molar-refractivity contribution in [3.63, 3.8) is 0 Å². The Labute approximate surface area is 125 Å². The highest BCUT2D eigenvalue weighted by Gasteiger charge is 2.40. The largest absolute Gasteiger partial charge is 0.398 e. The first-order valence-corrected chi connectivity index (χ1v) is 9.01. The molecule has 1 atom stereocenters. The molecule has 2 aliphatic rings. The van der Waals surface area contributed by atoms with E-state index >= 15 is 0 Å². The van der Waals surface area contributed by atoms with Gasteiger partial charge in [0.05, 0.1) is 5.69 Å². The molecule has 2 N–H and O–H groups in total. The van der Waals surface area contributed by atoms with Crippen LogP contribution in [-0.2, 0) is 10.0 Å². The van der Waals surface area contributed by atoms with Crippen molar-refractivity contribution in [3.05, 3.63) is 24.0 Å². The Morgan fingerprint density at radius 3 is 2.52 bits per heavy atom. The maximum Gasteiger partial charge on any atom is 0.245 e. The number of anilines is 1. The number of nitrogens with two attached hydrogens (primary N) is 1. The van der Waals surface area contributed by atoms with E-state index in [0.29, 0.717) is 12.5 Å². The van der Waals surface area contributed by atoms with Gasteiger partial charge in [-0.3, -0.25) is 0 Å². The SMILES string of the molecule is Nc1cc(F)ccc1S(=O)(=O)N1CCCC1C1CCCC1. The van der Waals surface area contributed by atoms with Gasteiger partial charge in [-0.15, -0.1) is 0 Å². The summed E-state index contributed by atoms with van der Waals surface area (Å²) < 4.78 is 40.5. The van der Waals surface area contributed by atoms with Gasteiger partial charge >= 0.3 is 0 Å². The van der Waals surface area contributed by atoms with Gasteiger partial charge < -0.3 is 5.73 Å². The summed E-state index contributed by atoms with van der Waals surface area (Å²) in [4.78, 5) is 0.0359. The van der Waals surface area contributed by atoms with E-state index in [1.807, 2.05) is 0 Å². The van der Waals surface area contributed by atoms with Crippen molar-refractivity contribution >= 4 is 15.7 Å². The van der Waals surface area contributed by atoms with E-state index in [1.54, 1.807) is 4.31 Å². The standard InChI is InChI=1S/C15H21FN2O2S/c16-12-7-8-15(13(17)10-12)21(19,20)18-9-3-6-14(18)11-4-1-2-5-11/h7-8,10-11,14H,1-6,9,17H2. The number of benzene rings is 1. The van der Waals surface area contributed by atoms with Crippen LogP contribution in [0.5, 0.6) is 0 Å². The Balaban J connectivity index is 1.93. The molecule has 6 heteroatoms. The van der Waals surface area contributed by atoms with Crippen LogP contribution in [0.1, 0.15) is 38.5 Å². The summed E-state index contributed by atoms with van der Waals surface area (Å²) in [6, 6.07) is 3.60. The number of nitrogens with zero attached hydrogens (tertiary/aromatic N) is 1. The zero-order valence-electron chi connectivity index (χ0n) is 12.0. The fraction of sp³-hybridized carbons (Fsp3) is 0.600. The molecular weight excluding hydrogens is 291 g/mol. The molecule has 1 saturated heterocycles. The number of halogens is 1. The Kier molecular flexibility index (Phi) is 3.92. The lowest BCUT2D eigenvalue weighted by Crippen LogP contribution is -2.39. The van der Waals surface area contributed by atoms with Crippen molar-refractivity contribution < 1.29 is 12.8 Å². The molecule has 1 aliphatic carbocycles. The topological polar surface area (TPSA) is 63.4 Å². The summed E-state index contributed by atoms with van der Waals surface area (Å²) in [5, 5.41) is 0. The molecule has 4 nitrogen and oxygen atoms in total. The molecule has 0 spiro atoms. The number of nitrogen functional groups attached to an aromatic ring is 1. The normalized spacial score (nSPS) is 24.7. The van der Waals surface area contributed by atoms with Gasteiger partial charge in [-0.05, 0) is 49.8 Å².